The number of carboxylic acids is 1. The number of ether oxygens (including phenoxy) is 1. The molecule has 2 aromatic carbocycles. The number of alkyl halides is 3. The van der Waals surface area contributed by atoms with Crippen LogP contribution < -0.4 is 0 Å². The normalized spacial score (nSPS) is 10.8. The van der Waals surface area contributed by atoms with Crippen LogP contribution in [0.15, 0.2) is 48.5 Å². The number of carbonyl (C=O) groups excluding carboxylic acids is 2. The van der Waals surface area contributed by atoms with Gasteiger partial charge in [0.15, 0.2) is 0 Å². The van der Waals surface area contributed by atoms with E-state index >= 15 is 0 Å². The molecule has 0 atom stereocenters. The van der Waals surface area contributed by atoms with Gasteiger partial charge in [-0.25, -0.2) is 4.79 Å². The Balaban J connectivity index is 1.83. The van der Waals surface area contributed by atoms with E-state index in [0.29, 0.717) is 17.5 Å². The van der Waals surface area contributed by atoms with E-state index in [1.165, 1.54) is 19.2 Å². The van der Waals surface area contributed by atoms with Gasteiger partial charge in [0.1, 0.15) is 0 Å². The van der Waals surface area contributed by atoms with Gasteiger partial charge in [0.2, 0.25) is 0 Å². The average Bonchev–Trinajstić information content (AvgIpc) is 2.89. The van der Waals surface area contributed by atoms with Crippen molar-refractivity contribution < 1.29 is 37.4 Å². The third kappa shape index (κ3) is 11.1. The largest absolute Gasteiger partial charge is 0.474 e. The maximum atomic E-state index is 12.8. The molecule has 0 unspecified atom stereocenters. The van der Waals surface area contributed by atoms with E-state index in [1.54, 1.807) is 24.3 Å². The second kappa shape index (κ2) is 15.5. The summed E-state index contributed by atoms with van der Waals surface area (Å²) in [5.74, 6) is 3.27. The number of carboxylic acid groups (broad SMARTS) is 1. The number of benzene rings is 2. The fraction of sp³-hybridized carbons (Fsp3) is 0.414. The van der Waals surface area contributed by atoms with Gasteiger partial charge in [-0.2, -0.15) is 13.2 Å². The van der Waals surface area contributed by atoms with Crippen molar-refractivity contribution in [3.63, 3.8) is 0 Å². The molecule has 0 aliphatic heterocycles. The number of unbranched alkanes of at least 4 members (excludes halogenated alkanes) is 6. The number of hydrogen-bond acceptors (Lipinski definition) is 4. The fourth-order valence-electron chi connectivity index (χ4n) is 3.72. The number of halogens is 3. The summed E-state index contributed by atoms with van der Waals surface area (Å²) >= 11 is 0. The summed E-state index contributed by atoms with van der Waals surface area (Å²) in [6.45, 7) is -0.157. The highest BCUT2D eigenvalue weighted by Crippen LogP contribution is 2.29. The summed E-state index contributed by atoms with van der Waals surface area (Å²) in [6, 6.07) is 11.3. The first-order valence-electron chi connectivity index (χ1n) is 12.4. The van der Waals surface area contributed by atoms with Crippen molar-refractivity contribution in [3.05, 3.63) is 70.8 Å². The monoisotopic (exact) mass is 531 g/mol. The molecule has 0 aliphatic carbocycles. The molecule has 2 rings (SSSR count). The number of esters is 1. The smallest absolute Gasteiger partial charge is 0.416 e. The highest BCUT2D eigenvalue weighted by atomic mass is 19.4. The minimum Gasteiger partial charge on any atom is -0.474 e. The molecule has 38 heavy (non-hydrogen) atoms. The van der Waals surface area contributed by atoms with Crippen molar-refractivity contribution in [3.8, 4) is 11.8 Å². The van der Waals surface area contributed by atoms with Crippen molar-refractivity contribution in [2.24, 2.45) is 0 Å². The van der Waals surface area contributed by atoms with Crippen molar-refractivity contribution in [2.75, 3.05) is 7.11 Å². The lowest BCUT2D eigenvalue weighted by molar-refractivity contribution is -0.156. The van der Waals surface area contributed by atoms with E-state index < -0.39 is 23.6 Å². The summed E-state index contributed by atoms with van der Waals surface area (Å²) in [4.78, 5) is 35.6. The Kier molecular flexibility index (Phi) is 12.4. The molecule has 1 N–H and O–H groups in total. The number of hydrogen-bond donors (Lipinski definition) is 1. The number of carbonyl (C=O) groups is 3. The van der Waals surface area contributed by atoms with Crippen molar-refractivity contribution in [1.82, 2.24) is 4.90 Å². The molecule has 0 saturated heterocycles. The molecule has 9 heteroatoms. The van der Waals surface area contributed by atoms with Gasteiger partial charge in [0, 0.05) is 31.5 Å². The summed E-state index contributed by atoms with van der Waals surface area (Å²) in [7, 11) is 1.39. The van der Waals surface area contributed by atoms with Crippen LogP contribution >= 0.6 is 0 Å². The lowest BCUT2D eigenvalue weighted by Crippen LogP contribution is -2.35. The molecule has 0 heterocycles. The van der Waals surface area contributed by atoms with Crippen LogP contribution in [0, 0.1) is 11.8 Å². The maximum Gasteiger partial charge on any atom is 0.416 e. The van der Waals surface area contributed by atoms with E-state index in [1.807, 2.05) is 0 Å². The zero-order chi connectivity index (χ0) is 28.0. The molecule has 0 spiro atoms. The van der Waals surface area contributed by atoms with Gasteiger partial charge < -0.3 is 14.7 Å². The molecule has 6 nitrogen and oxygen atoms in total. The van der Waals surface area contributed by atoms with Crippen LogP contribution in [0.1, 0.15) is 73.6 Å². The summed E-state index contributed by atoms with van der Waals surface area (Å²) in [5.41, 5.74) is 1.03. The zero-order valence-corrected chi connectivity index (χ0v) is 21.4. The standard InChI is InChI=1S/C29H32F3NO5/c1-38-26(34)11-9-7-5-3-2-4-6-8-10-22-12-14-23(15-13-22)20-33(27(35)28(36)37)21-24-16-18-25(19-17-24)29(30,31)32/h12-19H,2-7,9,11,20-21H2,1H3,(H,36,37). The van der Waals surface area contributed by atoms with Gasteiger partial charge in [-0.1, -0.05) is 61.8 Å². The Morgan fingerprint density at radius 3 is 1.89 bits per heavy atom. The SMILES string of the molecule is COC(=O)CCCCCCCCC#Cc1ccc(CN(Cc2ccc(C(F)(F)F)cc2)C(=O)C(=O)O)cc1. The highest BCUT2D eigenvalue weighted by Gasteiger charge is 2.30. The minimum atomic E-state index is -4.48. The van der Waals surface area contributed by atoms with Gasteiger partial charge in [-0.15, -0.1) is 0 Å². The van der Waals surface area contributed by atoms with Crippen LogP contribution in [0.2, 0.25) is 0 Å². The minimum absolute atomic E-state index is 0.0144. The Labute approximate surface area is 220 Å². The van der Waals surface area contributed by atoms with Gasteiger partial charge in [-0.05, 0) is 48.2 Å². The fourth-order valence-corrected chi connectivity index (χ4v) is 3.72. The average molecular weight is 532 g/mol. The molecule has 0 saturated carbocycles. The Morgan fingerprint density at radius 1 is 0.842 bits per heavy atom. The molecular weight excluding hydrogens is 499 g/mol. The second-order valence-corrected chi connectivity index (χ2v) is 8.86. The lowest BCUT2D eigenvalue weighted by atomic mass is 10.1. The van der Waals surface area contributed by atoms with E-state index in [4.69, 9.17) is 0 Å². The van der Waals surface area contributed by atoms with Crippen LogP contribution in [0.5, 0.6) is 0 Å². The number of amides is 1. The third-order valence-electron chi connectivity index (χ3n) is 5.85. The van der Waals surface area contributed by atoms with Gasteiger partial charge >= 0.3 is 24.0 Å². The van der Waals surface area contributed by atoms with Crippen LogP contribution in [-0.4, -0.2) is 35.0 Å². The molecule has 2 aromatic rings. The summed E-state index contributed by atoms with van der Waals surface area (Å²) in [5, 5.41) is 9.17. The van der Waals surface area contributed by atoms with Gasteiger partial charge in [0.05, 0.1) is 12.7 Å². The number of nitrogens with zero attached hydrogens (tertiary/aromatic N) is 1. The number of aliphatic carboxylic acids is 1. The van der Waals surface area contributed by atoms with Crippen molar-refractivity contribution in [1.29, 1.82) is 0 Å². The summed E-state index contributed by atoms with van der Waals surface area (Å²) in [6.07, 6.45) is 2.82. The van der Waals surface area contributed by atoms with E-state index in [0.717, 1.165) is 67.5 Å². The Hall–Kier alpha value is -3.80. The molecule has 0 aromatic heterocycles. The number of rotatable bonds is 12. The van der Waals surface area contributed by atoms with Gasteiger partial charge in [-0.3, -0.25) is 9.59 Å². The molecular formula is C29H32F3NO5. The van der Waals surface area contributed by atoms with Crippen LogP contribution in [0.4, 0.5) is 13.2 Å². The van der Waals surface area contributed by atoms with Crippen LogP contribution in [-0.2, 0) is 38.4 Å². The van der Waals surface area contributed by atoms with Gasteiger partial charge in [0.25, 0.3) is 0 Å². The Morgan fingerprint density at radius 2 is 1.37 bits per heavy atom. The first-order valence-corrected chi connectivity index (χ1v) is 12.4. The number of methoxy groups -OCH3 is 1. The highest BCUT2D eigenvalue weighted by molar-refractivity contribution is 6.31. The van der Waals surface area contributed by atoms with Crippen molar-refractivity contribution in [2.45, 2.75) is 70.6 Å². The second-order valence-electron chi connectivity index (χ2n) is 8.86. The predicted molar refractivity (Wildman–Crippen MR) is 136 cm³/mol. The lowest BCUT2D eigenvalue weighted by Gasteiger charge is -2.21. The topological polar surface area (TPSA) is 83.9 Å². The molecule has 0 fully saturated rings. The first kappa shape index (κ1) is 30.4. The van der Waals surface area contributed by atoms with Crippen LogP contribution in [0.25, 0.3) is 0 Å². The molecule has 0 bridgehead atoms. The Bertz CT molecular complexity index is 1120. The van der Waals surface area contributed by atoms with E-state index in [-0.39, 0.29) is 19.1 Å². The molecule has 0 aliphatic rings. The van der Waals surface area contributed by atoms with E-state index in [9.17, 15) is 32.7 Å². The van der Waals surface area contributed by atoms with Crippen LogP contribution in [0.3, 0.4) is 0 Å². The van der Waals surface area contributed by atoms with Crippen molar-refractivity contribution >= 4 is 17.8 Å². The quantitative estimate of drug-likeness (QED) is 0.158. The zero-order valence-electron chi connectivity index (χ0n) is 21.4. The predicted octanol–water partition coefficient (Wildman–Crippen LogP) is 5.96. The summed E-state index contributed by atoms with van der Waals surface area (Å²) < 4.78 is 43.0. The first-order chi connectivity index (χ1) is 18.1. The maximum absolute atomic E-state index is 12.8. The molecule has 204 valence electrons. The van der Waals surface area contributed by atoms with E-state index in [2.05, 4.69) is 16.6 Å². The molecule has 0 radical (unpaired) electrons. The third-order valence-corrected chi connectivity index (χ3v) is 5.85. The molecule has 1 amide bonds.